The van der Waals surface area contributed by atoms with Crippen molar-refractivity contribution < 1.29 is 9.90 Å². The first-order valence-corrected chi connectivity index (χ1v) is 7.70. The Kier molecular flexibility index (Phi) is 2.42. The van der Waals surface area contributed by atoms with Gasteiger partial charge in [0.2, 0.25) is 5.91 Å². The zero-order valence-electron chi connectivity index (χ0n) is 11.5. The monoisotopic (exact) mass is 261 g/mol. The fraction of sp³-hybridized carbons (Fsp3) is 0.812. The van der Waals surface area contributed by atoms with Crippen molar-refractivity contribution in [1.29, 1.82) is 0 Å². The number of hydrogen-bond donors (Lipinski definition) is 2. The lowest BCUT2D eigenvalue weighted by Gasteiger charge is -2.40. The van der Waals surface area contributed by atoms with E-state index < -0.39 is 0 Å². The number of amides is 1. The van der Waals surface area contributed by atoms with E-state index in [1.165, 1.54) is 12.8 Å². The molecule has 0 heterocycles. The lowest BCUT2D eigenvalue weighted by molar-refractivity contribution is -0.118. The average Bonchev–Trinajstić information content (AvgIpc) is 3.04. The van der Waals surface area contributed by atoms with Gasteiger partial charge in [-0.2, -0.15) is 0 Å². The second kappa shape index (κ2) is 3.85. The number of fused-ring (bicyclic) bond motifs is 9. The van der Waals surface area contributed by atoms with Gasteiger partial charge >= 0.3 is 0 Å². The molecule has 104 valence electrons. The van der Waals surface area contributed by atoms with Crippen LogP contribution >= 0.6 is 0 Å². The van der Waals surface area contributed by atoms with Crippen LogP contribution in [-0.4, -0.2) is 23.2 Å². The summed E-state index contributed by atoms with van der Waals surface area (Å²) in [5.41, 5.74) is 0.614. The van der Waals surface area contributed by atoms with Gasteiger partial charge in [0.25, 0.3) is 0 Å². The summed E-state index contributed by atoms with van der Waals surface area (Å²) in [5, 5.41) is 13.3. The van der Waals surface area contributed by atoms with Crippen molar-refractivity contribution in [3.8, 4) is 0 Å². The molecule has 4 fully saturated rings. The van der Waals surface area contributed by atoms with Crippen LogP contribution < -0.4 is 5.32 Å². The Morgan fingerprint density at radius 1 is 1.11 bits per heavy atom. The molecule has 4 aliphatic rings. The third-order valence-electron chi connectivity index (χ3n) is 6.49. The summed E-state index contributed by atoms with van der Waals surface area (Å²) in [5.74, 6) is 4.28. The predicted octanol–water partition coefficient (Wildman–Crippen LogP) is 1.72. The molecule has 0 spiro atoms. The van der Waals surface area contributed by atoms with Crippen LogP contribution in [0.1, 0.15) is 32.6 Å². The van der Waals surface area contributed by atoms with E-state index in [2.05, 4.69) is 11.9 Å². The van der Waals surface area contributed by atoms with Gasteiger partial charge in [0.15, 0.2) is 0 Å². The highest BCUT2D eigenvalue weighted by atomic mass is 16.3. The maximum Gasteiger partial charge on any atom is 0.246 e. The summed E-state index contributed by atoms with van der Waals surface area (Å²) in [6.07, 6.45) is 4.62. The van der Waals surface area contributed by atoms with Crippen LogP contribution in [0.4, 0.5) is 0 Å². The molecule has 4 bridgehead atoms. The van der Waals surface area contributed by atoms with E-state index in [1.807, 2.05) is 0 Å². The SMILES string of the molecule is C=C(C)C(=O)NC1CC2CC1C1C3CC(O)C(C3)C21. The fourth-order valence-corrected chi connectivity index (χ4v) is 6.02. The van der Waals surface area contributed by atoms with Crippen LogP contribution in [0.15, 0.2) is 12.2 Å². The molecule has 0 aliphatic heterocycles. The molecular formula is C16H23NO2. The number of hydrogen-bond acceptors (Lipinski definition) is 2. The molecule has 8 unspecified atom stereocenters. The van der Waals surface area contributed by atoms with E-state index in [-0.39, 0.29) is 12.0 Å². The maximum absolute atomic E-state index is 11.8. The van der Waals surface area contributed by atoms with Crippen molar-refractivity contribution in [2.75, 3.05) is 0 Å². The molecule has 0 aromatic carbocycles. The Bertz CT molecular complexity index is 446. The van der Waals surface area contributed by atoms with Gasteiger partial charge in [0, 0.05) is 11.6 Å². The minimum absolute atomic E-state index is 0.0253. The minimum Gasteiger partial charge on any atom is -0.393 e. The van der Waals surface area contributed by atoms with Gasteiger partial charge in [-0.25, -0.2) is 0 Å². The van der Waals surface area contributed by atoms with E-state index in [0.717, 1.165) is 36.5 Å². The molecule has 8 atom stereocenters. The van der Waals surface area contributed by atoms with Gasteiger partial charge in [-0.05, 0) is 68.1 Å². The number of aliphatic hydroxyl groups excluding tert-OH is 1. The number of aliphatic hydroxyl groups is 1. The molecule has 2 N–H and O–H groups in total. The first kappa shape index (κ1) is 12.0. The second-order valence-electron chi connectivity index (χ2n) is 7.37. The summed E-state index contributed by atoms with van der Waals surface area (Å²) in [4.78, 5) is 11.8. The molecule has 3 nitrogen and oxygen atoms in total. The molecule has 4 aliphatic carbocycles. The fourth-order valence-electron chi connectivity index (χ4n) is 6.02. The number of rotatable bonds is 2. The van der Waals surface area contributed by atoms with Crippen molar-refractivity contribution >= 4 is 5.91 Å². The Morgan fingerprint density at radius 2 is 1.74 bits per heavy atom. The highest BCUT2D eigenvalue weighted by Gasteiger charge is 2.64. The molecule has 0 radical (unpaired) electrons. The van der Waals surface area contributed by atoms with E-state index in [0.29, 0.717) is 23.5 Å². The summed E-state index contributed by atoms with van der Waals surface area (Å²) >= 11 is 0. The van der Waals surface area contributed by atoms with E-state index >= 15 is 0 Å². The van der Waals surface area contributed by atoms with Crippen LogP contribution in [0, 0.1) is 35.5 Å². The summed E-state index contributed by atoms with van der Waals surface area (Å²) in [6.45, 7) is 5.51. The largest absolute Gasteiger partial charge is 0.393 e. The number of carbonyl (C=O) groups excluding carboxylic acids is 1. The highest BCUT2D eigenvalue weighted by Crippen LogP contribution is 2.67. The lowest BCUT2D eigenvalue weighted by Crippen LogP contribution is -2.46. The highest BCUT2D eigenvalue weighted by molar-refractivity contribution is 5.92. The van der Waals surface area contributed by atoms with Crippen LogP contribution in [0.5, 0.6) is 0 Å². The Labute approximate surface area is 114 Å². The first-order chi connectivity index (χ1) is 9.06. The van der Waals surface area contributed by atoms with Gasteiger partial charge in [0.05, 0.1) is 6.10 Å². The molecule has 4 rings (SSSR count). The Morgan fingerprint density at radius 3 is 2.47 bits per heavy atom. The lowest BCUT2D eigenvalue weighted by atomic mass is 9.68. The number of nitrogens with one attached hydrogen (secondary N) is 1. The summed E-state index contributed by atoms with van der Waals surface area (Å²) in [7, 11) is 0. The average molecular weight is 261 g/mol. The van der Waals surface area contributed by atoms with E-state index in [4.69, 9.17) is 0 Å². The normalized spacial score (nSPS) is 53.4. The van der Waals surface area contributed by atoms with Crippen molar-refractivity contribution in [2.24, 2.45) is 35.5 Å². The molecule has 19 heavy (non-hydrogen) atoms. The molecule has 0 saturated heterocycles. The molecule has 1 amide bonds. The zero-order valence-corrected chi connectivity index (χ0v) is 11.5. The van der Waals surface area contributed by atoms with E-state index in [9.17, 15) is 9.90 Å². The smallest absolute Gasteiger partial charge is 0.246 e. The second-order valence-corrected chi connectivity index (χ2v) is 7.37. The summed E-state index contributed by atoms with van der Waals surface area (Å²) in [6, 6.07) is 0.368. The van der Waals surface area contributed by atoms with Crippen molar-refractivity contribution in [1.82, 2.24) is 5.32 Å². The standard InChI is InChI=1S/C16H23NO2/c1-7(2)16(19)17-12-5-8-3-10(12)14-9-4-11(15(8)14)13(18)6-9/h8-15,18H,1,3-6H2,2H3,(H,17,19). The van der Waals surface area contributed by atoms with Crippen LogP contribution in [0.3, 0.4) is 0 Å². The molecule has 3 heteroatoms. The third kappa shape index (κ3) is 1.51. The molecule has 0 aromatic heterocycles. The van der Waals surface area contributed by atoms with Gasteiger partial charge < -0.3 is 10.4 Å². The zero-order chi connectivity index (χ0) is 13.3. The number of carbonyl (C=O) groups is 1. The van der Waals surface area contributed by atoms with Crippen LogP contribution in [-0.2, 0) is 4.79 Å². The van der Waals surface area contributed by atoms with Gasteiger partial charge in [-0.15, -0.1) is 0 Å². The third-order valence-corrected chi connectivity index (χ3v) is 6.49. The van der Waals surface area contributed by atoms with Crippen LogP contribution in [0.25, 0.3) is 0 Å². The van der Waals surface area contributed by atoms with Gasteiger partial charge in [-0.3, -0.25) is 4.79 Å². The molecule has 0 aromatic rings. The summed E-state index contributed by atoms with van der Waals surface area (Å²) < 4.78 is 0. The van der Waals surface area contributed by atoms with E-state index in [1.54, 1.807) is 6.92 Å². The molecule has 4 saturated carbocycles. The van der Waals surface area contributed by atoms with Gasteiger partial charge in [0.1, 0.15) is 0 Å². The van der Waals surface area contributed by atoms with Crippen molar-refractivity contribution in [3.63, 3.8) is 0 Å². The predicted molar refractivity (Wildman–Crippen MR) is 72.2 cm³/mol. The Balaban J connectivity index is 1.52. The van der Waals surface area contributed by atoms with Gasteiger partial charge in [-0.1, -0.05) is 6.58 Å². The molecular weight excluding hydrogens is 238 g/mol. The first-order valence-electron chi connectivity index (χ1n) is 7.70. The van der Waals surface area contributed by atoms with Crippen LogP contribution in [0.2, 0.25) is 0 Å². The Hall–Kier alpha value is -0.830. The van der Waals surface area contributed by atoms with Crippen molar-refractivity contribution in [2.45, 2.75) is 44.8 Å². The minimum atomic E-state index is -0.0333. The van der Waals surface area contributed by atoms with Crippen molar-refractivity contribution in [3.05, 3.63) is 12.2 Å². The quantitative estimate of drug-likeness (QED) is 0.587. The maximum atomic E-state index is 11.8. The topological polar surface area (TPSA) is 49.3 Å².